The molecule has 0 aliphatic rings. The van der Waals surface area contributed by atoms with Crippen LogP contribution in [0.3, 0.4) is 0 Å². The van der Waals surface area contributed by atoms with Crippen molar-refractivity contribution in [2.24, 2.45) is 0 Å². The predicted octanol–water partition coefficient (Wildman–Crippen LogP) is 3.26. The van der Waals surface area contributed by atoms with Crippen LogP contribution >= 0.6 is 0 Å². The fourth-order valence-electron chi connectivity index (χ4n) is 1.40. The summed E-state index contributed by atoms with van der Waals surface area (Å²) in [5.41, 5.74) is 0.374. The molecule has 0 saturated carbocycles. The Balaban J connectivity index is 2.55. The topological polar surface area (TPSA) is 20.2 Å². The summed E-state index contributed by atoms with van der Waals surface area (Å²) in [5, 5.41) is 9.52. The van der Waals surface area contributed by atoms with Gasteiger partial charge in [-0.05, 0) is 31.0 Å². The predicted molar refractivity (Wildman–Crippen MR) is 63.4 cm³/mol. The minimum Gasteiger partial charge on any atom is -0.380 e. The van der Waals surface area contributed by atoms with E-state index in [1.807, 2.05) is 0 Å². The van der Waals surface area contributed by atoms with Gasteiger partial charge in [0, 0.05) is 5.56 Å². The van der Waals surface area contributed by atoms with Crippen molar-refractivity contribution >= 4 is 0 Å². The molecule has 0 fully saturated rings. The average Bonchev–Trinajstić information content (AvgIpc) is 2.31. The van der Waals surface area contributed by atoms with E-state index in [2.05, 4.69) is 18.8 Å². The van der Waals surface area contributed by atoms with Gasteiger partial charge in [-0.15, -0.1) is 0 Å². The van der Waals surface area contributed by atoms with E-state index in [9.17, 15) is 13.9 Å². The Morgan fingerprint density at radius 2 is 2.00 bits per heavy atom. The molecule has 0 saturated heterocycles. The van der Waals surface area contributed by atoms with E-state index in [1.54, 1.807) is 0 Å². The van der Waals surface area contributed by atoms with E-state index in [1.165, 1.54) is 6.07 Å². The maximum Gasteiger partial charge on any atom is 0.160 e. The number of benzene rings is 1. The summed E-state index contributed by atoms with van der Waals surface area (Å²) in [6.45, 7) is 2.08. The summed E-state index contributed by atoms with van der Waals surface area (Å²) in [7, 11) is 0. The summed E-state index contributed by atoms with van der Waals surface area (Å²) >= 11 is 0. The lowest BCUT2D eigenvalue weighted by atomic mass is 10.1. The maximum atomic E-state index is 12.8. The van der Waals surface area contributed by atoms with Crippen molar-refractivity contribution in [3.63, 3.8) is 0 Å². The molecule has 0 aliphatic heterocycles. The van der Waals surface area contributed by atoms with Gasteiger partial charge >= 0.3 is 0 Å². The quantitative estimate of drug-likeness (QED) is 0.630. The number of hydrogen-bond donors (Lipinski definition) is 1. The van der Waals surface area contributed by atoms with Crippen LogP contribution in [0, 0.1) is 23.5 Å². The Morgan fingerprint density at radius 1 is 1.24 bits per heavy atom. The van der Waals surface area contributed by atoms with Crippen LogP contribution in [-0.2, 0) is 0 Å². The van der Waals surface area contributed by atoms with E-state index in [4.69, 9.17) is 0 Å². The van der Waals surface area contributed by atoms with Crippen molar-refractivity contribution in [2.45, 2.75) is 38.7 Å². The molecular weight excluding hydrogens is 222 g/mol. The second kappa shape index (κ2) is 7.03. The molecule has 1 N–H and O–H groups in total. The molecule has 1 nitrogen and oxygen atoms in total. The first-order valence-electron chi connectivity index (χ1n) is 5.78. The number of halogens is 2. The smallest absolute Gasteiger partial charge is 0.160 e. The zero-order valence-electron chi connectivity index (χ0n) is 9.84. The molecule has 0 radical (unpaired) electrons. The Hall–Kier alpha value is -1.40. The minimum atomic E-state index is -0.919. The van der Waals surface area contributed by atoms with Crippen LogP contribution in [-0.4, -0.2) is 11.2 Å². The standard InChI is InChI=1S/C14H16F2O/c1-2-3-4-5-12(17)8-6-11-7-9-13(15)14(16)10-11/h7,9-10,12,17H,2-5H2,1H3. The van der Waals surface area contributed by atoms with Crippen molar-refractivity contribution in [3.05, 3.63) is 35.4 Å². The van der Waals surface area contributed by atoms with Crippen molar-refractivity contribution < 1.29 is 13.9 Å². The maximum absolute atomic E-state index is 12.8. The van der Waals surface area contributed by atoms with Crippen LogP contribution in [0.2, 0.25) is 0 Å². The van der Waals surface area contributed by atoms with E-state index in [0.29, 0.717) is 12.0 Å². The molecule has 1 unspecified atom stereocenters. The second-order valence-corrected chi connectivity index (χ2v) is 3.91. The fourth-order valence-corrected chi connectivity index (χ4v) is 1.40. The average molecular weight is 238 g/mol. The lowest BCUT2D eigenvalue weighted by Gasteiger charge is -2.01. The van der Waals surface area contributed by atoms with Gasteiger partial charge in [0.1, 0.15) is 6.10 Å². The van der Waals surface area contributed by atoms with Crippen LogP contribution in [0.1, 0.15) is 38.2 Å². The molecule has 0 heterocycles. The van der Waals surface area contributed by atoms with E-state index in [0.717, 1.165) is 31.4 Å². The van der Waals surface area contributed by atoms with Crippen molar-refractivity contribution in [2.75, 3.05) is 0 Å². The third-order valence-corrected chi connectivity index (χ3v) is 2.38. The molecule has 17 heavy (non-hydrogen) atoms. The molecule has 92 valence electrons. The van der Waals surface area contributed by atoms with E-state index < -0.39 is 17.7 Å². The van der Waals surface area contributed by atoms with Crippen LogP contribution in [0.5, 0.6) is 0 Å². The highest BCUT2D eigenvalue weighted by Gasteiger charge is 2.01. The van der Waals surface area contributed by atoms with Gasteiger partial charge < -0.3 is 5.11 Å². The summed E-state index contributed by atoms with van der Waals surface area (Å²) < 4.78 is 25.5. The summed E-state index contributed by atoms with van der Waals surface area (Å²) in [5.74, 6) is 3.44. The molecule has 0 spiro atoms. The summed E-state index contributed by atoms with van der Waals surface area (Å²) in [6.07, 6.45) is 2.98. The first-order chi connectivity index (χ1) is 8.13. The highest BCUT2D eigenvalue weighted by Crippen LogP contribution is 2.08. The zero-order chi connectivity index (χ0) is 12.7. The molecule has 1 atom stereocenters. The van der Waals surface area contributed by atoms with Gasteiger partial charge in [-0.3, -0.25) is 0 Å². The van der Waals surface area contributed by atoms with Crippen molar-refractivity contribution in [1.29, 1.82) is 0 Å². The summed E-state index contributed by atoms with van der Waals surface area (Å²) in [6, 6.07) is 3.45. The van der Waals surface area contributed by atoms with Gasteiger partial charge in [-0.25, -0.2) is 8.78 Å². The highest BCUT2D eigenvalue weighted by molar-refractivity contribution is 5.35. The number of hydrogen-bond acceptors (Lipinski definition) is 1. The largest absolute Gasteiger partial charge is 0.380 e. The number of rotatable bonds is 4. The van der Waals surface area contributed by atoms with Crippen LogP contribution in [0.15, 0.2) is 18.2 Å². The monoisotopic (exact) mass is 238 g/mol. The van der Waals surface area contributed by atoms with E-state index in [-0.39, 0.29) is 0 Å². The number of unbranched alkanes of at least 4 members (excludes halogenated alkanes) is 2. The van der Waals surface area contributed by atoms with Gasteiger partial charge in [0.05, 0.1) is 0 Å². The Morgan fingerprint density at radius 3 is 2.65 bits per heavy atom. The molecule has 1 rings (SSSR count). The second-order valence-electron chi connectivity index (χ2n) is 3.91. The van der Waals surface area contributed by atoms with Crippen LogP contribution in [0.4, 0.5) is 8.78 Å². The number of aliphatic hydroxyl groups excluding tert-OH is 1. The molecule has 3 heteroatoms. The summed E-state index contributed by atoms with van der Waals surface area (Å²) in [4.78, 5) is 0. The molecule has 0 aromatic heterocycles. The molecule has 0 aliphatic carbocycles. The first kappa shape index (κ1) is 13.7. The van der Waals surface area contributed by atoms with Gasteiger partial charge in [0.25, 0.3) is 0 Å². The molecule has 0 bridgehead atoms. The Bertz CT molecular complexity index is 418. The fraction of sp³-hybridized carbons (Fsp3) is 0.429. The normalized spacial score (nSPS) is 11.8. The third kappa shape index (κ3) is 4.97. The van der Waals surface area contributed by atoms with Gasteiger partial charge in [-0.1, -0.05) is 31.6 Å². The lowest BCUT2D eigenvalue weighted by Crippen LogP contribution is -2.02. The van der Waals surface area contributed by atoms with E-state index >= 15 is 0 Å². The Kier molecular flexibility index (Phi) is 5.65. The van der Waals surface area contributed by atoms with Crippen molar-refractivity contribution in [1.82, 2.24) is 0 Å². The number of aliphatic hydroxyl groups is 1. The molecular formula is C14H16F2O. The lowest BCUT2D eigenvalue weighted by molar-refractivity contribution is 0.217. The third-order valence-electron chi connectivity index (χ3n) is 2.38. The van der Waals surface area contributed by atoms with Crippen LogP contribution < -0.4 is 0 Å². The van der Waals surface area contributed by atoms with Crippen LogP contribution in [0.25, 0.3) is 0 Å². The van der Waals surface area contributed by atoms with Gasteiger partial charge in [0.15, 0.2) is 11.6 Å². The molecule has 0 amide bonds. The molecule has 1 aromatic carbocycles. The SMILES string of the molecule is CCCCCC(O)C#Cc1ccc(F)c(F)c1. The Labute approximate surface area is 100 Å². The van der Waals surface area contributed by atoms with Gasteiger partial charge in [0.2, 0.25) is 0 Å². The minimum absolute atomic E-state index is 0.374. The first-order valence-corrected chi connectivity index (χ1v) is 5.78. The zero-order valence-corrected chi connectivity index (χ0v) is 9.84. The van der Waals surface area contributed by atoms with Gasteiger partial charge in [-0.2, -0.15) is 0 Å². The van der Waals surface area contributed by atoms with Crippen molar-refractivity contribution in [3.8, 4) is 11.8 Å². The highest BCUT2D eigenvalue weighted by atomic mass is 19.2. The molecule has 1 aromatic rings.